The summed E-state index contributed by atoms with van der Waals surface area (Å²) in [6.45, 7) is 5.24. The van der Waals surface area contributed by atoms with Gasteiger partial charge >= 0.3 is 5.97 Å². The van der Waals surface area contributed by atoms with Crippen molar-refractivity contribution in [2.24, 2.45) is 4.99 Å². The second kappa shape index (κ2) is 11.5. The molecule has 0 bridgehead atoms. The molecule has 0 amide bonds. The summed E-state index contributed by atoms with van der Waals surface area (Å²) in [6, 6.07) is 14.0. The predicted octanol–water partition coefficient (Wildman–Crippen LogP) is 4.37. The third-order valence-corrected chi connectivity index (χ3v) is 7.56. The van der Waals surface area contributed by atoms with Crippen LogP contribution in [0.5, 0.6) is 11.5 Å². The summed E-state index contributed by atoms with van der Waals surface area (Å²) >= 11 is 1.17. The number of fused-ring (bicyclic) bond motifs is 1. The van der Waals surface area contributed by atoms with E-state index < -0.39 is 16.9 Å². The Morgan fingerprint density at radius 2 is 1.86 bits per heavy atom. The Hall–Kier alpha value is -4.97. The van der Waals surface area contributed by atoms with Gasteiger partial charge in [-0.1, -0.05) is 23.5 Å². The van der Waals surface area contributed by atoms with Crippen molar-refractivity contribution in [2.75, 3.05) is 14.2 Å². The number of benzene rings is 2. The molecule has 0 saturated heterocycles. The normalized spacial score (nSPS) is 14.9. The molecule has 0 radical (unpaired) electrons. The molecule has 0 unspecified atom stereocenters. The molecule has 2 aromatic heterocycles. The van der Waals surface area contributed by atoms with Gasteiger partial charge in [-0.25, -0.2) is 9.79 Å². The lowest BCUT2D eigenvalue weighted by molar-refractivity contribution is -0.384. The van der Waals surface area contributed by atoms with Crippen LogP contribution in [0, 0.1) is 10.1 Å². The number of esters is 1. The number of thiazole rings is 1. The molecule has 5 rings (SSSR count). The molecular weight excluding hydrogens is 562 g/mol. The molecular formula is C30H27N3O8S. The number of allylic oxidation sites excluding steroid dienone is 1. The number of non-ortho nitro benzene ring substituents is 1. The van der Waals surface area contributed by atoms with E-state index >= 15 is 0 Å². The molecule has 0 aliphatic carbocycles. The van der Waals surface area contributed by atoms with Crippen LogP contribution in [0.2, 0.25) is 0 Å². The summed E-state index contributed by atoms with van der Waals surface area (Å²) in [5, 5.41) is 11.2. The Morgan fingerprint density at radius 3 is 2.50 bits per heavy atom. The molecule has 42 heavy (non-hydrogen) atoms. The second-order valence-corrected chi connectivity index (χ2v) is 10.7. The average Bonchev–Trinajstić information content (AvgIpc) is 3.55. The Bertz CT molecular complexity index is 1900. The van der Waals surface area contributed by atoms with Gasteiger partial charge in [-0.2, -0.15) is 0 Å². The van der Waals surface area contributed by atoms with Gasteiger partial charge in [0.05, 0.1) is 58.7 Å². The van der Waals surface area contributed by atoms with Crippen molar-refractivity contribution in [2.45, 2.75) is 32.9 Å². The van der Waals surface area contributed by atoms with Gasteiger partial charge in [0, 0.05) is 12.1 Å². The summed E-state index contributed by atoms with van der Waals surface area (Å²) in [5.41, 5.74) is 1.49. The first kappa shape index (κ1) is 28.6. The average molecular weight is 590 g/mol. The number of rotatable bonds is 8. The van der Waals surface area contributed by atoms with E-state index in [4.69, 9.17) is 18.6 Å². The van der Waals surface area contributed by atoms with E-state index in [0.29, 0.717) is 43.4 Å². The van der Waals surface area contributed by atoms with Crippen molar-refractivity contribution in [1.29, 1.82) is 0 Å². The van der Waals surface area contributed by atoms with E-state index in [-0.39, 0.29) is 28.7 Å². The first-order valence-electron chi connectivity index (χ1n) is 12.9. The summed E-state index contributed by atoms with van der Waals surface area (Å²) in [7, 11) is 2.98. The number of furan rings is 1. The number of hydrogen-bond donors (Lipinski definition) is 0. The topological polar surface area (TPSA) is 135 Å². The molecule has 0 fully saturated rings. The number of nitro benzene ring substituents is 1. The monoisotopic (exact) mass is 589 g/mol. The highest BCUT2D eigenvalue weighted by Crippen LogP contribution is 2.35. The van der Waals surface area contributed by atoms with Crippen LogP contribution in [0.3, 0.4) is 0 Å². The van der Waals surface area contributed by atoms with Gasteiger partial charge in [-0.3, -0.25) is 19.5 Å². The zero-order valence-electron chi connectivity index (χ0n) is 23.4. The van der Waals surface area contributed by atoms with Gasteiger partial charge in [-0.15, -0.1) is 0 Å². The summed E-state index contributed by atoms with van der Waals surface area (Å²) in [4.78, 5) is 42.8. The fourth-order valence-electron chi connectivity index (χ4n) is 4.66. The molecule has 216 valence electrons. The molecule has 1 atom stereocenters. The van der Waals surface area contributed by atoms with Crippen LogP contribution in [0.4, 0.5) is 5.69 Å². The standard InChI is InChI=1S/C30H27N3O8S/c1-16(2)40-29(35)26-17(3)31-30-32(27(26)18-6-9-20(38-4)10-7-18)28(34)25(42-30)15-21-11-13-23(41-21)22-12-8-19(33(36)37)14-24(22)39-5/h6-16,27H,1-5H3/b25-15-/t27-/m0/s1. The highest BCUT2D eigenvalue weighted by Gasteiger charge is 2.34. The van der Waals surface area contributed by atoms with Crippen LogP contribution in [0.15, 0.2) is 80.1 Å². The van der Waals surface area contributed by atoms with Crippen molar-refractivity contribution in [1.82, 2.24) is 4.57 Å². The van der Waals surface area contributed by atoms with Gasteiger partial charge in [0.25, 0.3) is 11.2 Å². The van der Waals surface area contributed by atoms with Gasteiger partial charge in [-0.05, 0) is 56.7 Å². The Kier molecular flexibility index (Phi) is 7.81. The van der Waals surface area contributed by atoms with Crippen LogP contribution >= 0.6 is 11.3 Å². The number of ether oxygens (including phenoxy) is 3. The third kappa shape index (κ3) is 5.36. The highest BCUT2D eigenvalue weighted by molar-refractivity contribution is 7.07. The number of hydrogen-bond acceptors (Lipinski definition) is 10. The Labute approximate surface area is 243 Å². The van der Waals surface area contributed by atoms with Gasteiger partial charge in [0.15, 0.2) is 4.80 Å². The fraction of sp³-hybridized carbons (Fsp3) is 0.233. The minimum atomic E-state index is -0.767. The molecule has 3 heterocycles. The molecule has 12 heteroatoms. The molecule has 0 saturated carbocycles. The van der Waals surface area contributed by atoms with Gasteiger partial charge in [0.1, 0.15) is 23.0 Å². The van der Waals surface area contributed by atoms with E-state index in [1.807, 2.05) is 0 Å². The maximum Gasteiger partial charge on any atom is 0.338 e. The van der Waals surface area contributed by atoms with Crippen LogP contribution < -0.4 is 24.4 Å². The van der Waals surface area contributed by atoms with Crippen LogP contribution in [-0.4, -0.2) is 35.8 Å². The quantitative estimate of drug-likeness (QED) is 0.168. The van der Waals surface area contributed by atoms with Crippen molar-refractivity contribution < 1.29 is 28.3 Å². The lowest BCUT2D eigenvalue weighted by atomic mass is 9.96. The summed E-state index contributed by atoms with van der Waals surface area (Å²) in [6.07, 6.45) is 1.24. The van der Waals surface area contributed by atoms with Crippen LogP contribution in [0.1, 0.15) is 38.1 Å². The van der Waals surface area contributed by atoms with E-state index in [9.17, 15) is 19.7 Å². The largest absolute Gasteiger partial charge is 0.497 e. The number of nitro groups is 1. The minimum absolute atomic E-state index is 0.109. The SMILES string of the molecule is COc1ccc([C@H]2C(C(=O)OC(C)C)=C(C)N=c3s/c(=C\c4ccc(-c5ccc([N+](=O)[O-])cc5OC)o4)c(=O)n32)cc1. The smallest absolute Gasteiger partial charge is 0.338 e. The van der Waals surface area contributed by atoms with Crippen LogP contribution in [0.25, 0.3) is 17.4 Å². The zero-order valence-corrected chi connectivity index (χ0v) is 24.3. The van der Waals surface area contributed by atoms with Gasteiger partial charge < -0.3 is 18.6 Å². The number of nitrogens with zero attached hydrogens (tertiary/aromatic N) is 3. The molecule has 11 nitrogen and oxygen atoms in total. The minimum Gasteiger partial charge on any atom is -0.497 e. The molecule has 0 spiro atoms. The number of methoxy groups -OCH3 is 2. The Balaban J connectivity index is 1.61. The van der Waals surface area contributed by atoms with Crippen molar-refractivity contribution in [3.63, 3.8) is 0 Å². The third-order valence-electron chi connectivity index (χ3n) is 6.58. The summed E-state index contributed by atoms with van der Waals surface area (Å²) in [5.74, 6) is 1.16. The van der Waals surface area contributed by atoms with Crippen molar-refractivity contribution >= 4 is 29.1 Å². The molecule has 1 aliphatic heterocycles. The Morgan fingerprint density at radius 1 is 1.12 bits per heavy atom. The van der Waals surface area contributed by atoms with E-state index in [0.717, 1.165) is 0 Å². The first-order chi connectivity index (χ1) is 20.1. The molecule has 1 aliphatic rings. The maximum absolute atomic E-state index is 13.9. The maximum atomic E-state index is 13.9. The molecule has 0 N–H and O–H groups in total. The summed E-state index contributed by atoms with van der Waals surface area (Å²) < 4.78 is 24.0. The first-order valence-corrected chi connectivity index (χ1v) is 13.7. The number of aromatic nitrogens is 1. The molecule has 4 aromatic rings. The molecule has 2 aromatic carbocycles. The predicted molar refractivity (Wildman–Crippen MR) is 155 cm³/mol. The van der Waals surface area contributed by atoms with E-state index in [2.05, 4.69) is 4.99 Å². The lowest BCUT2D eigenvalue weighted by Gasteiger charge is -2.25. The van der Waals surface area contributed by atoms with Crippen LogP contribution in [-0.2, 0) is 9.53 Å². The van der Waals surface area contributed by atoms with Gasteiger partial charge in [0.2, 0.25) is 0 Å². The van der Waals surface area contributed by atoms with Crippen molar-refractivity contribution in [3.8, 4) is 22.8 Å². The number of carbonyl (C=O) groups is 1. The fourth-order valence-corrected chi connectivity index (χ4v) is 5.69. The van der Waals surface area contributed by atoms with E-state index in [1.165, 1.54) is 35.1 Å². The zero-order chi connectivity index (χ0) is 30.1. The lowest BCUT2D eigenvalue weighted by Crippen LogP contribution is -2.40. The van der Waals surface area contributed by atoms with E-state index in [1.54, 1.807) is 76.4 Å². The van der Waals surface area contributed by atoms with Crippen molar-refractivity contribution in [3.05, 3.63) is 107 Å². The highest BCUT2D eigenvalue weighted by atomic mass is 32.1. The second-order valence-electron chi connectivity index (χ2n) is 9.65. The number of carbonyl (C=O) groups excluding carboxylic acids is 1.